The zero-order chi connectivity index (χ0) is 20.7. The number of fused-ring (bicyclic) bond motifs is 1. The number of hydrogen-bond donors (Lipinski definition) is 0. The predicted molar refractivity (Wildman–Crippen MR) is 116 cm³/mol. The third-order valence-corrected chi connectivity index (χ3v) is 6.84. The van der Waals surface area contributed by atoms with Gasteiger partial charge >= 0.3 is 0 Å². The number of carbonyl (C=O) groups excluding carboxylic acids is 1. The molecule has 0 radical (unpaired) electrons. The van der Waals surface area contributed by atoms with Gasteiger partial charge < -0.3 is 19.3 Å². The van der Waals surface area contributed by atoms with Crippen molar-refractivity contribution in [1.82, 2.24) is 9.80 Å². The Hall–Kier alpha value is -2.73. The Balaban J connectivity index is 1.25. The number of likely N-dealkylation sites (tertiary alicyclic amines) is 1. The smallest absolute Gasteiger partial charge is 0.249 e. The normalized spacial score (nSPS) is 23.0. The van der Waals surface area contributed by atoms with Crippen molar-refractivity contribution in [1.29, 1.82) is 0 Å². The van der Waals surface area contributed by atoms with Crippen LogP contribution < -0.4 is 14.4 Å². The molecule has 6 heteroatoms. The number of nitrogens with zero attached hydrogens (tertiary/aromatic N) is 3. The zero-order valence-electron chi connectivity index (χ0n) is 17.7. The number of ether oxygens (including phenoxy) is 2. The van der Waals surface area contributed by atoms with Crippen molar-refractivity contribution in [3.8, 4) is 11.5 Å². The van der Waals surface area contributed by atoms with E-state index in [1.807, 2.05) is 42.3 Å². The summed E-state index contributed by atoms with van der Waals surface area (Å²) in [7, 11) is 3.61. The molecule has 2 fully saturated rings. The van der Waals surface area contributed by atoms with Gasteiger partial charge in [-0.1, -0.05) is 18.2 Å². The molecule has 158 valence electrons. The van der Waals surface area contributed by atoms with Gasteiger partial charge in [0, 0.05) is 44.4 Å². The first-order chi connectivity index (χ1) is 14.6. The van der Waals surface area contributed by atoms with E-state index in [4.69, 9.17) is 9.47 Å². The van der Waals surface area contributed by atoms with Crippen molar-refractivity contribution < 1.29 is 14.3 Å². The van der Waals surface area contributed by atoms with Crippen molar-refractivity contribution >= 4 is 11.6 Å². The summed E-state index contributed by atoms with van der Waals surface area (Å²) < 4.78 is 11.5. The minimum atomic E-state index is -0.417. The number of amides is 1. The number of rotatable bonds is 4. The summed E-state index contributed by atoms with van der Waals surface area (Å²) in [6.07, 6.45) is 2.76. The highest BCUT2D eigenvalue weighted by molar-refractivity contribution is 5.93. The monoisotopic (exact) mass is 407 g/mol. The van der Waals surface area contributed by atoms with Crippen molar-refractivity contribution in [3.05, 3.63) is 54.1 Å². The first kappa shape index (κ1) is 19.2. The molecule has 3 heterocycles. The van der Waals surface area contributed by atoms with E-state index in [0.29, 0.717) is 6.67 Å². The molecule has 6 nitrogen and oxygen atoms in total. The molecule has 30 heavy (non-hydrogen) atoms. The van der Waals surface area contributed by atoms with Crippen LogP contribution in [0.15, 0.2) is 48.5 Å². The van der Waals surface area contributed by atoms with Gasteiger partial charge in [0.25, 0.3) is 0 Å². The molecule has 0 N–H and O–H groups in total. The summed E-state index contributed by atoms with van der Waals surface area (Å²) in [5.74, 6) is 2.10. The molecule has 5 rings (SSSR count). The lowest BCUT2D eigenvalue weighted by atomic mass is 9.85. The van der Waals surface area contributed by atoms with Gasteiger partial charge in [-0.2, -0.15) is 0 Å². The van der Waals surface area contributed by atoms with Crippen LogP contribution in [0.25, 0.3) is 0 Å². The van der Waals surface area contributed by atoms with Crippen LogP contribution in [-0.4, -0.2) is 67.8 Å². The van der Waals surface area contributed by atoms with Gasteiger partial charge in [0.05, 0.1) is 13.8 Å². The van der Waals surface area contributed by atoms with Crippen molar-refractivity contribution in [2.75, 3.05) is 45.4 Å². The Bertz CT molecular complexity index is 925. The lowest BCUT2D eigenvalue weighted by Crippen LogP contribution is -2.57. The first-order valence-corrected chi connectivity index (χ1v) is 10.7. The van der Waals surface area contributed by atoms with Gasteiger partial charge in [-0.3, -0.25) is 9.69 Å². The fourth-order valence-electron chi connectivity index (χ4n) is 5.22. The number of carbonyl (C=O) groups is 1. The molecule has 0 aliphatic carbocycles. The maximum Gasteiger partial charge on any atom is 0.249 e. The van der Waals surface area contributed by atoms with Crippen LogP contribution in [0.1, 0.15) is 18.4 Å². The fourth-order valence-corrected chi connectivity index (χ4v) is 5.22. The Labute approximate surface area is 178 Å². The van der Waals surface area contributed by atoms with E-state index in [1.165, 1.54) is 5.56 Å². The van der Waals surface area contributed by atoms with Gasteiger partial charge in [0.2, 0.25) is 5.91 Å². The standard InChI is InChI=1S/C24H29N3O3/c1-25-17-27(19-6-4-3-5-7-19)24(23(25)28)10-12-26(13-11-24)16-21-15-18-14-20(29-2)8-9-22(18)30-21/h3-9,14,21H,10-13,15-17H2,1-2H3/t21-/m0/s1. The maximum absolute atomic E-state index is 13.2. The average Bonchev–Trinajstić information content (AvgIpc) is 3.29. The van der Waals surface area contributed by atoms with E-state index in [1.54, 1.807) is 7.11 Å². The van der Waals surface area contributed by atoms with E-state index < -0.39 is 5.54 Å². The second-order valence-electron chi connectivity index (χ2n) is 8.66. The summed E-state index contributed by atoms with van der Waals surface area (Å²) in [4.78, 5) is 19.8. The molecule has 0 saturated carbocycles. The van der Waals surface area contributed by atoms with Gasteiger partial charge in [0.1, 0.15) is 23.1 Å². The van der Waals surface area contributed by atoms with Gasteiger partial charge in [-0.15, -0.1) is 0 Å². The Morgan fingerprint density at radius 1 is 1.13 bits per heavy atom. The van der Waals surface area contributed by atoms with E-state index in [9.17, 15) is 4.79 Å². The lowest BCUT2D eigenvalue weighted by molar-refractivity contribution is -0.132. The number of methoxy groups -OCH3 is 1. The van der Waals surface area contributed by atoms with Crippen LogP contribution >= 0.6 is 0 Å². The number of hydrogen-bond acceptors (Lipinski definition) is 5. The number of benzene rings is 2. The SMILES string of the molecule is COc1ccc2c(c1)C[C@@H](CN1CCC3(CC1)C(=O)N(C)CN3c1ccccc1)O2. The highest BCUT2D eigenvalue weighted by Crippen LogP contribution is 2.39. The maximum atomic E-state index is 13.2. The van der Waals surface area contributed by atoms with Crippen molar-refractivity contribution in [2.24, 2.45) is 0 Å². The van der Waals surface area contributed by atoms with Gasteiger partial charge in [0.15, 0.2) is 0 Å². The predicted octanol–water partition coefficient (Wildman–Crippen LogP) is 2.77. The van der Waals surface area contributed by atoms with Crippen LogP contribution in [0.3, 0.4) is 0 Å². The molecular weight excluding hydrogens is 378 g/mol. The number of likely N-dealkylation sites (N-methyl/N-ethyl adjacent to an activating group) is 1. The summed E-state index contributed by atoms with van der Waals surface area (Å²) in [6, 6.07) is 16.4. The largest absolute Gasteiger partial charge is 0.497 e. The molecule has 3 aliphatic heterocycles. The van der Waals surface area contributed by atoms with Crippen LogP contribution in [0, 0.1) is 0 Å². The fraction of sp³-hybridized carbons (Fsp3) is 0.458. The van der Waals surface area contributed by atoms with E-state index >= 15 is 0 Å². The molecule has 0 unspecified atom stereocenters. The lowest BCUT2D eigenvalue weighted by Gasteiger charge is -2.43. The molecule has 1 spiro atoms. The highest BCUT2D eigenvalue weighted by atomic mass is 16.5. The molecule has 2 aromatic carbocycles. The van der Waals surface area contributed by atoms with Gasteiger partial charge in [-0.25, -0.2) is 0 Å². The van der Waals surface area contributed by atoms with Crippen molar-refractivity contribution in [2.45, 2.75) is 30.9 Å². The first-order valence-electron chi connectivity index (χ1n) is 10.7. The average molecular weight is 408 g/mol. The molecule has 1 atom stereocenters. The molecule has 0 aromatic heterocycles. The second-order valence-corrected chi connectivity index (χ2v) is 8.66. The van der Waals surface area contributed by atoms with Crippen LogP contribution in [-0.2, 0) is 11.2 Å². The number of anilines is 1. The molecule has 3 aliphatic rings. The minimum absolute atomic E-state index is 0.160. The van der Waals surface area contributed by atoms with Crippen molar-refractivity contribution in [3.63, 3.8) is 0 Å². The van der Waals surface area contributed by atoms with E-state index in [-0.39, 0.29) is 12.0 Å². The van der Waals surface area contributed by atoms with Crippen LogP contribution in [0.5, 0.6) is 11.5 Å². The Kier molecular flexibility index (Phi) is 4.82. The molecular formula is C24H29N3O3. The topological polar surface area (TPSA) is 45.2 Å². The minimum Gasteiger partial charge on any atom is -0.497 e. The second kappa shape index (κ2) is 7.51. The zero-order valence-corrected chi connectivity index (χ0v) is 17.7. The molecule has 0 bridgehead atoms. The highest BCUT2D eigenvalue weighted by Gasteiger charge is 2.52. The van der Waals surface area contributed by atoms with Crippen LogP contribution in [0.4, 0.5) is 5.69 Å². The number of piperidine rings is 1. The Morgan fingerprint density at radius 2 is 1.90 bits per heavy atom. The van der Waals surface area contributed by atoms with Gasteiger partial charge in [-0.05, 0) is 43.2 Å². The molecule has 2 aromatic rings. The Morgan fingerprint density at radius 3 is 2.63 bits per heavy atom. The summed E-state index contributed by atoms with van der Waals surface area (Å²) in [5, 5.41) is 0. The molecule has 2 saturated heterocycles. The third-order valence-electron chi connectivity index (χ3n) is 6.84. The van der Waals surface area contributed by atoms with E-state index in [2.05, 4.69) is 28.0 Å². The number of para-hydroxylation sites is 1. The van der Waals surface area contributed by atoms with E-state index in [0.717, 1.165) is 56.1 Å². The summed E-state index contributed by atoms with van der Waals surface area (Å²) >= 11 is 0. The summed E-state index contributed by atoms with van der Waals surface area (Å²) in [6.45, 7) is 3.36. The molecule has 1 amide bonds. The third kappa shape index (κ3) is 3.19. The quantitative estimate of drug-likeness (QED) is 0.780. The summed E-state index contributed by atoms with van der Waals surface area (Å²) in [5.41, 5.74) is 1.93. The van der Waals surface area contributed by atoms with Crippen LogP contribution in [0.2, 0.25) is 0 Å².